The van der Waals surface area contributed by atoms with Crippen LogP contribution in [-0.2, 0) is 5.41 Å². The fourth-order valence-corrected chi connectivity index (χ4v) is 1.83. The normalized spacial score (nSPS) is 11.4. The first kappa shape index (κ1) is 13.5. The van der Waals surface area contributed by atoms with Crippen LogP contribution in [-0.4, -0.2) is 9.97 Å². The molecule has 1 aromatic heterocycles. The third-order valence-electron chi connectivity index (χ3n) is 3.01. The molecule has 100 valence electrons. The lowest BCUT2D eigenvalue weighted by Crippen LogP contribution is -2.11. The van der Waals surface area contributed by atoms with Crippen molar-refractivity contribution in [2.45, 2.75) is 40.0 Å². The third-order valence-corrected chi connectivity index (χ3v) is 3.01. The summed E-state index contributed by atoms with van der Waals surface area (Å²) in [6, 6.07) is 8.05. The molecule has 1 heterocycles. The molecule has 0 amide bonds. The monoisotopic (exact) mass is 256 g/mol. The second-order valence-corrected chi connectivity index (χ2v) is 5.77. The van der Waals surface area contributed by atoms with Crippen molar-refractivity contribution in [3.05, 3.63) is 47.4 Å². The van der Waals surface area contributed by atoms with Gasteiger partial charge in [0.05, 0.1) is 0 Å². The fourth-order valence-electron chi connectivity index (χ4n) is 1.83. The number of ether oxygens (including phenoxy) is 1. The van der Waals surface area contributed by atoms with Crippen LogP contribution < -0.4 is 4.74 Å². The molecular formula is C16H20N2O. The lowest BCUT2D eigenvalue weighted by atomic mass is 9.86. The number of hydrogen-bond acceptors (Lipinski definition) is 3. The van der Waals surface area contributed by atoms with Gasteiger partial charge < -0.3 is 4.74 Å². The number of rotatable bonds is 2. The van der Waals surface area contributed by atoms with Gasteiger partial charge in [-0.15, -0.1) is 0 Å². The van der Waals surface area contributed by atoms with Crippen molar-refractivity contribution in [1.29, 1.82) is 0 Å². The van der Waals surface area contributed by atoms with Gasteiger partial charge in [-0.3, -0.25) is 0 Å². The van der Waals surface area contributed by atoms with E-state index in [9.17, 15) is 0 Å². The Labute approximate surface area is 114 Å². The highest BCUT2D eigenvalue weighted by atomic mass is 16.5. The Morgan fingerprint density at radius 1 is 1.05 bits per heavy atom. The molecule has 0 radical (unpaired) electrons. The molecule has 0 aliphatic carbocycles. The Hall–Kier alpha value is -1.90. The van der Waals surface area contributed by atoms with Gasteiger partial charge in [-0.2, -0.15) is 4.98 Å². The maximum absolute atomic E-state index is 5.81. The lowest BCUT2D eigenvalue weighted by Gasteiger charge is -2.20. The summed E-state index contributed by atoms with van der Waals surface area (Å²) >= 11 is 0. The summed E-state index contributed by atoms with van der Waals surface area (Å²) in [5.74, 6) is 2.13. The van der Waals surface area contributed by atoms with E-state index in [-0.39, 0.29) is 5.41 Å². The molecule has 0 fully saturated rings. The highest BCUT2D eigenvalue weighted by molar-refractivity contribution is 5.40. The fraction of sp³-hybridized carbons (Fsp3) is 0.375. The van der Waals surface area contributed by atoms with E-state index in [0.29, 0.717) is 11.7 Å². The third kappa shape index (κ3) is 3.31. The molecule has 0 unspecified atom stereocenters. The molecular weight excluding hydrogens is 236 g/mol. The highest BCUT2D eigenvalue weighted by Crippen LogP contribution is 2.29. The predicted molar refractivity (Wildman–Crippen MR) is 76.7 cm³/mol. The topological polar surface area (TPSA) is 35.0 Å². The van der Waals surface area contributed by atoms with Gasteiger partial charge in [0.1, 0.15) is 11.6 Å². The smallest absolute Gasteiger partial charge is 0.222 e. The van der Waals surface area contributed by atoms with Crippen LogP contribution in [0.5, 0.6) is 11.6 Å². The zero-order valence-corrected chi connectivity index (χ0v) is 12.2. The lowest BCUT2D eigenvalue weighted by molar-refractivity contribution is 0.455. The molecule has 0 N–H and O–H groups in total. The Balaban J connectivity index is 2.27. The van der Waals surface area contributed by atoms with Gasteiger partial charge in [0, 0.05) is 12.3 Å². The van der Waals surface area contributed by atoms with Crippen molar-refractivity contribution < 1.29 is 4.74 Å². The summed E-state index contributed by atoms with van der Waals surface area (Å²) in [6.45, 7) is 10.5. The summed E-state index contributed by atoms with van der Waals surface area (Å²) in [4.78, 5) is 8.31. The van der Waals surface area contributed by atoms with E-state index >= 15 is 0 Å². The summed E-state index contributed by atoms with van der Waals surface area (Å²) in [5, 5.41) is 0. The number of benzene rings is 1. The zero-order chi connectivity index (χ0) is 14.0. The van der Waals surface area contributed by atoms with Crippen LogP contribution in [0.2, 0.25) is 0 Å². The minimum absolute atomic E-state index is 0.148. The molecule has 0 saturated heterocycles. The average Bonchev–Trinajstić information content (AvgIpc) is 2.30. The first-order chi connectivity index (χ1) is 8.86. The van der Waals surface area contributed by atoms with Crippen LogP contribution in [0.4, 0.5) is 0 Å². The van der Waals surface area contributed by atoms with Crippen LogP contribution >= 0.6 is 0 Å². The van der Waals surface area contributed by atoms with Crippen LogP contribution in [0.3, 0.4) is 0 Å². The maximum Gasteiger partial charge on any atom is 0.222 e. The Kier molecular flexibility index (Phi) is 3.56. The predicted octanol–water partition coefficient (Wildman–Crippen LogP) is 4.18. The van der Waals surface area contributed by atoms with Crippen LogP contribution in [0, 0.1) is 13.8 Å². The van der Waals surface area contributed by atoms with E-state index in [2.05, 4.69) is 49.8 Å². The number of nitrogens with zero attached hydrogens (tertiary/aromatic N) is 2. The van der Waals surface area contributed by atoms with Crippen LogP contribution in [0.25, 0.3) is 0 Å². The number of aromatic nitrogens is 2. The van der Waals surface area contributed by atoms with Gasteiger partial charge in [0.25, 0.3) is 0 Å². The van der Waals surface area contributed by atoms with Gasteiger partial charge >= 0.3 is 0 Å². The van der Waals surface area contributed by atoms with E-state index in [0.717, 1.165) is 11.3 Å². The van der Waals surface area contributed by atoms with Gasteiger partial charge in [-0.25, -0.2) is 4.98 Å². The van der Waals surface area contributed by atoms with Crippen molar-refractivity contribution >= 4 is 0 Å². The second kappa shape index (κ2) is 5.00. The van der Waals surface area contributed by atoms with E-state index in [4.69, 9.17) is 4.74 Å². The molecule has 0 saturated carbocycles. The van der Waals surface area contributed by atoms with E-state index < -0.39 is 0 Å². The van der Waals surface area contributed by atoms with Crippen molar-refractivity contribution in [2.75, 3.05) is 0 Å². The Morgan fingerprint density at radius 2 is 1.79 bits per heavy atom. The molecule has 0 spiro atoms. The number of hydrogen-bond donors (Lipinski definition) is 0. The summed E-state index contributed by atoms with van der Waals surface area (Å²) in [5.41, 5.74) is 2.56. The summed E-state index contributed by atoms with van der Waals surface area (Å²) in [7, 11) is 0. The minimum atomic E-state index is 0.148. The standard InChI is InChI=1S/C16H20N2O/c1-11-10-13(16(3,4)5)6-7-14(11)19-15-8-9-17-12(2)18-15/h6-10H,1-5H3. The summed E-state index contributed by atoms with van der Waals surface area (Å²) in [6.07, 6.45) is 1.70. The van der Waals surface area contributed by atoms with E-state index in [1.165, 1.54) is 5.56 Å². The quantitative estimate of drug-likeness (QED) is 0.808. The average molecular weight is 256 g/mol. The van der Waals surface area contributed by atoms with Crippen LogP contribution in [0.15, 0.2) is 30.5 Å². The zero-order valence-electron chi connectivity index (χ0n) is 12.2. The van der Waals surface area contributed by atoms with Crippen molar-refractivity contribution in [2.24, 2.45) is 0 Å². The highest BCUT2D eigenvalue weighted by Gasteiger charge is 2.15. The molecule has 3 heteroatoms. The Morgan fingerprint density at radius 3 is 2.37 bits per heavy atom. The maximum atomic E-state index is 5.81. The molecule has 0 aliphatic heterocycles. The van der Waals surface area contributed by atoms with Crippen molar-refractivity contribution in [3.8, 4) is 11.6 Å². The Bertz CT molecular complexity index is 586. The summed E-state index contributed by atoms with van der Waals surface area (Å²) < 4.78 is 5.81. The molecule has 2 aromatic rings. The van der Waals surface area contributed by atoms with Crippen molar-refractivity contribution in [1.82, 2.24) is 9.97 Å². The van der Waals surface area contributed by atoms with E-state index in [1.54, 1.807) is 12.3 Å². The molecule has 1 aromatic carbocycles. The van der Waals surface area contributed by atoms with Crippen molar-refractivity contribution in [3.63, 3.8) is 0 Å². The second-order valence-electron chi connectivity index (χ2n) is 5.77. The molecule has 3 nitrogen and oxygen atoms in total. The molecule has 0 atom stereocenters. The molecule has 0 aliphatic rings. The molecule has 0 bridgehead atoms. The molecule has 2 rings (SSSR count). The largest absolute Gasteiger partial charge is 0.439 e. The number of aryl methyl sites for hydroxylation is 2. The van der Waals surface area contributed by atoms with E-state index in [1.807, 2.05) is 13.0 Å². The van der Waals surface area contributed by atoms with Gasteiger partial charge in [-0.1, -0.05) is 32.9 Å². The van der Waals surface area contributed by atoms with Gasteiger partial charge in [-0.05, 0) is 36.5 Å². The molecule has 19 heavy (non-hydrogen) atoms. The first-order valence-electron chi connectivity index (χ1n) is 6.45. The van der Waals surface area contributed by atoms with Crippen LogP contribution in [0.1, 0.15) is 37.7 Å². The first-order valence-corrected chi connectivity index (χ1v) is 6.45. The van der Waals surface area contributed by atoms with Gasteiger partial charge in [0.2, 0.25) is 5.88 Å². The minimum Gasteiger partial charge on any atom is -0.439 e. The SMILES string of the molecule is Cc1nccc(Oc2ccc(C(C)(C)C)cc2C)n1. The van der Waals surface area contributed by atoms with Gasteiger partial charge in [0.15, 0.2) is 0 Å².